The molecule has 5 nitrogen and oxygen atoms in total. The summed E-state index contributed by atoms with van der Waals surface area (Å²) in [7, 11) is 0. The fraction of sp³-hybridized carbons (Fsp3) is 0.471. The van der Waals surface area contributed by atoms with Gasteiger partial charge in [-0.05, 0) is 31.5 Å². The Kier molecular flexibility index (Phi) is 3.87. The lowest BCUT2D eigenvalue weighted by Crippen LogP contribution is -2.47. The first-order valence-electron chi connectivity index (χ1n) is 8.01. The Labute approximate surface area is 140 Å². The van der Waals surface area contributed by atoms with E-state index in [1.54, 1.807) is 11.3 Å². The lowest BCUT2D eigenvalue weighted by Gasteiger charge is -2.38. The standard InChI is InChI=1S/C17H21N3O2S/c1-12-10-23-17(18-12)20-7-5-19(6-8-20)13(2)14-3-4-15-16(9-14)22-11-21-15/h3-4,9-10,13H,5-8,11H2,1-2H3/t13-/m0/s1. The Hall–Kier alpha value is -1.79. The van der Waals surface area contributed by atoms with Gasteiger partial charge >= 0.3 is 0 Å². The number of thiazole rings is 1. The van der Waals surface area contributed by atoms with E-state index in [1.807, 2.05) is 6.07 Å². The molecule has 0 saturated carbocycles. The van der Waals surface area contributed by atoms with Crippen molar-refractivity contribution in [2.45, 2.75) is 19.9 Å². The molecule has 23 heavy (non-hydrogen) atoms. The molecule has 1 saturated heterocycles. The molecule has 1 aromatic heterocycles. The first-order chi connectivity index (χ1) is 11.2. The van der Waals surface area contributed by atoms with E-state index in [0.29, 0.717) is 12.8 Å². The molecule has 122 valence electrons. The van der Waals surface area contributed by atoms with E-state index >= 15 is 0 Å². The maximum atomic E-state index is 5.50. The average Bonchev–Trinajstić information content (AvgIpc) is 3.22. The van der Waals surface area contributed by atoms with Crippen LogP contribution in [0.15, 0.2) is 23.6 Å². The van der Waals surface area contributed by atoms with Gasteiger partial charge in [0.2, 0.25) is 6.79 Å². The van der Waals surface area contributed by atoms with Crippen LogP contribution in [0.5, 0.6) is 11.5 Å². The van der Waals surface area contributed by atoms with Gasteiger partial charge in [0.1, 0.15) is 0 Å². The van der Waals surface area contributed by atoms with Crippen LogP contribution in [-0.4, -0.2) is 42.9 Å². The summed E-state index contributed by atoms with van der Waals surface area (Å²) in [5.74, 6) is 1.72. The number of nitrogens with zero attached hydrogens (tertiary/aromatic N) is 3. The van der Waals surface area contributed by atoms with Crippen LogP contribution < -0.4 is 14.4 Å². The predicted octanol–water partition coefficient (Wildman–Crippen LogP) is 3.06. The van der Waals surface area contributed by atoms with E-state index in [2.05, 4.69) is 46.1 Å². The third kappa shape index (κ3) is 2.88. The van der Waals surface area contributed by atoms with Crippen molar-refractivity contribution in [3.63, 3.8) is 0 Å². The number of anilines is 1. The summed E-state index contributed by atoms with van der Waals surface area (Å²) in [6.07, 6.45) is 0. The highest BCUT2D eigenvalue weighted by Crippen LogP contribution is 2.35. The van der Waals surface area contributed by atoms with Crippen molar-refractivity contribution >= 4 is 16.5 Å². The minimum absolute atomic E-state index is 0.332. The number of hydrogen-bond donors (Lipinski definition) is 0. The van der Waals surface area contributed by atoms with Crippen molar-refractivity contribution in [2.75, 3.05) is 37.9 Å². The topological polar surface area (TPSA) is 37.8 Å². The van der Waals surface area contributed by atoms with Crippen molar-refractivity contribution in [2.24, 2.45) is 0 Å². The summed E-state index contributed by atoms with van der Waals surface area (Å²) >= 11 is 1.74. The monoisotopic (exact) mass is 331 g/mol. The number of fused-ring (bicyclic) bond motifs is 1. The van der Waals surface area contributed by atoms with Crippen molar-refractivity contribution < 1.29 is 9.47 Å². The number of hydrogen-bond acceptors (Lipinski definition) is 6. The first kappa shape index (κ1) is 14.8. The van der Waals surface area contributed by atoms with Gasteiger partial charge in [0.15, 0.2) is 16.6 Å². The van der Waals surface area contributed by atoms with Gasteiger partial charge in [0.05, 0.1) is 5.69 Å². The number of benzene rings is 1. The molecule has 1 aromatic carbocycles. The van der Waals surface area contributed by atoms with Crippen molar-refractivity contribution in [1.82, 2.24) is 9.88 Å². The van der Waals surface area contributed by atoms with Gasteiger partial charge in [0, 0.05) is 37.6 Å². The molecule has 0 unspecified atom stereocenters. The normalized spacial score (nSPS) is 19.1. The van der Waals surface area contributed by atoms with E-state index in [0.717, 1.165) is 48.5 Å². The summed E-state index contributed by atoms with van der Waals surface area (Å²) in [6, 6.07) is 6.66. The largest absolute Gasteiger partial charge is 0.454 e. The van der Waals surface area contributed by atoms with Crippen LogP contribution in [0.3, 0.4) is 0 Å². The number of aryl methyl sites for hydroxylation is 1. The molecule has 0 radical (unpaired) electrons. The molecular formula is C17H21N3O2S. The predicted molar refractivity (Wildman–Crippen MR) is 91.6 cm³/mol. The zero-order valence-electron chi connectivity index (χ0n) is 13.5. The maximum absolute atomic E-state index is 5.50. The second-order valence-corrected chi connectivity index (χ2v) is 6.92. The van der Waals surface area contributed by atoms with Gasteiger partial charge in [0.25, 0.3) is 0 Å². The van der Waals surface area contributed by atoms with E-state index in [9.17, 15) is 0 Å². The Bertz CT molecular complexity index is 695. The molecule has 0 N–H and O–H groups in total. The van der Waals surface area contributed by atoms with Gasteiger partial charge in [-0.25, -0.2) is 4.98 Å². The van der Waals surface area contributed by atoms with Crippen LogP contribution in [0.2, 0.25) is 0 Å². The van der Waals surface area contributed by atoms with Crippen LogP contribution >= 0.6 is 11.3 Å². The Morgan fingerprint density at radius 3 is 2.65 bits per heavy atom. The fourth-order valence-corrected chi connectivity index (χ4v) is 4.03. The highest BCUT2D eigenvalue weighted by Gasteiger charge is 2.24. The molecule has 3 heterocycles. The van der Waals surface area contributed by atoms with Crippen LogP contribution in [0.25, 0.3) is 0 Å². The number of aromatic nitrogens is 1. The van der Waals surface area contributed by atoms with E-state index in [1.165, 1.54) is 5.56 Å². The van der Waals surface area contributed by atoms with Gasteiger partial charge < -0.3 is 14.4 Å². The highest BCUT2D eigenvalue weighted by molar-refractivity contribution is 7.13. The first-order valence-corrected chi connectivity index (χ1v) is 8.89. The second kappa shape index (κ2) is 6.02. The number of ether oxygens (including phenoxy) is 2. The molecule has 6 heteroatoms. The minimum atomic E-state index is 0.332. The molecule has 0 amide bonds. The van der Waals surface area contributed by atoms with Crippen LogP contribution in [-0.2, 0) is 0 Å². The average molecular weight is 331 g/mol. The van der Waals surface area contributed by atoms with Gasteiger partial charge in [-0.3, -0.25) is 4.90 Å². The molecule has 1 atom stereocenters. The molecule has 4 rings (SSSR count). The SMILES string of the molecule is Cc1csc(N2CCN([C@@H](C)c3ccc4c(c3)OCO4)CC2)n1. The van der Waals surface area contributed by atoms with Crippen LogP contribution in [0.1, 0.15) is 24.2 Å². The highest BCUT2D eigenvalue weighted by atomic mass is 32.1. The summed E-state index contributed by atoms with van der Waals surface area (Å²) in [5, 5.41) is 3.27. The van der Waals surface area contributed by atoms with Crippen molar-refractivity contribution in [3.8, 4) is 11.5 Å². The summed E-state index contributed by atoms with van der Waals surface area (Å²) in [6.45, 7) is 8.81. The molecule has 2 aromatic rings. The Balaban J connectivity index is 1.41. The van der Waals surface area contributed by atoms with Crippen molar-refractivity contribution in [3.05, 3.63) is 34.8 Å². The Morgan fingerprint density at radius 2 is 1.91 bits per heavy atom. The summed E-state index contributed by atoms with van der Waals surface area (Å²) in [4.78, 5) is 9.51. The number of rotatable bonds is 3. The quantitative estimate of drug-likeness (QED) is 0.864. The van der Waals surface area contributed by atoms with Gasteiger partial charge in [-0.2, -0.15) is 0 Å². The zero-order valence-corrected chi connectivity index (χ0v) is 14.3. The number of piperazine rings is 1. The molecule has 2 aliphatic rings. The van der Waals surface area contributed by atoms with Crippen LogP contribution in [0, 0.1) is 6.92 Å². The van der Waals surface area contributed by atoms with E-state index in [4.69, 9.17) is 9.47 Å². The van der Waals surface area contributed by atoms with Gasteiger partial charge in [-0.1, -0.05) is 6.07 Å². The maximum Gasteiger partial charge on any atom is 0.231 e. The zero-order chi connectivity index (χ0) is 15.8. The third-order valence-electron chi connectivity index (χ3n) is 4.62. The molecular weight excluding hydrogens is 310 g/mol. The lowest BCUT2D eigenvalue weighted by molar-refractivity contribution is 0.173. The minimum Gasteiger partial charge on any atom is -0.454 e. The van der Waals surface area contributed by atoms with Gasteiger partial charge in [-0.15, -0.1) is 11.3 Å². The fourth-order valence-electron chi connectivity index (χ4n) is 3.17. The molecule has 2 aliphatic heterocycles. The van der Waals surface area contributed by atoms with Crippen molar-refractivity contribution in [1.29, 1.82) is 0 Å². The van der Waals surface area contributed by atoms with E-state index < -0.39 is 0 Å². The van der Waals surface area contributed by atoms with E-state index in [-0.39, 0.29) is 0 Å². The third-order valence-corrected chi connectivity index (χ3v) is 5.64. The molecule has 0 bridgehead atoms. The lowest BCUT2D eigenvalue weighted by atomic mass is 10.1. The molecule has 1 fully saturated rings. The molecule has 0 aliphatic carbocycles. The summed E-state index contributed by atoms with van der Waals surface area (Å²) < 4.78 is 10.9. The smallest absolute Gasteiger partial charge is 0.231 e. The molecule has 0 spiro atoms. The second-order valence-electron chi connectivity index (χ2n) is 6.08. The summed E-state index contributed by atoms with van der Waals surface area (Å²) in [5.41, 5.74) is 2.40. The van der Waals surface area contributed by atoms with Crippen LogP contribution in [0.4, 0.5) is 5.13 Å². The Morgan fingerprint density at radius 1 is 1.13 bits per heavy atom.